The topological polar surface area (TPSA) is 70.7 Å². The minimum Gasteiger partial charge on any atom is -0.494 e. The molecule has 1 saturated carbocycles. The molecule has 0 aromatic heterocycles. The maximum absolute atomic E-state index is 12.3. The highest BCUT2D eigenvalue weighted by molar-refractivity contribution is 5.96. The predicted molar refractivity (Wildman–Crippen MR) is 96.9 cm³/mol. The molecule has 1 aromatic rings. The van der Waals surface area contributed by atoms with Gasteiger partial charge in [0.05, 0.1) is 12.6 Å². The van der Waals surface area contributed by atoms with E-state index in [0.717, 1.165) is 24.3 Å². The standard InChI is InChI=1S/C19H27N3O3/c1-2-25-17-10-8-16(9-11-17)22-13-15(12-18(22)23)21-19(24)20-14-6-4-3-5-7-14/h8-11,14-15H,2-7,12-13H2,1H3,(H2,20,21,24). The average molecular weight is 345 g/mol. The summed E-state index contributed by atoms with van der Waals surface area (Å²) >= 11 is 0. The number of amides is 3. The first-order chi connectivity index (χ1) is 12.2. The van der Waals surface area contributed by atoms with Crippen molar-refractivity contribution in [3.05, 3.63) is 24.3 Å². The van der Waals surface area contributed by atoms with E-state index in [1.807, 2.05) is 31.2 Å². The van der Waals surface area contributed by atoms with Gasteiger partial charge in [-0.2, -0.15) is 0 Å². The van der Waals surface area contributed by atoms with Crippen LogP contribution in [-0.4, -0.2) is 37.2 Å². The monoisotopic (exact) mass is 345 g/mol. The Kier molecular flexibility index (Phi) is 5.79. The van der Waals surface area contributed by atoms with Crippen LogP contribution in [0.2, 0.25) is 0 Å². The Bertz CT molecular complexity index is 596. The maximum Gasteiger partial charge on any atom is 0.315 e. The van der Waals surface area contributed by atoms with E-state index in [2.05, 4.69) is 10.6 Å². The third-order valence-electron chi connectivity index (χ3n) is 4.86. The minimum atomic E-state index is -0.154. The number of nitrogens with one attached hydrogen (secondary N) is 2. The van der Waals surface area contributed by atoms with Gasteiger partial charge in [0.15, 0.2) is 0 Å². The third kappa shape index (κ3) is 4.65. The second-order valence-corrected chi connectivity index (χ2v) is 6.79. The molecule has 1 aliphatic carbocycles. The first-order valence-electron chi connectivity index (χ1n) is 9.26. The normalized spacial score (nSPS) is 21.2. The Morgan fingerprint density at radius 2 is 1.80 bits per heavy atom. The summed E-state index contributed by atoms with van der Waals surface area (Å²) < 4.78 is 5.43. The molecule has 1 saturated heterocycles. The van der Waals surface area contributed by atoms with Crippen LogP contribution in [0.15, 0.2) is 24.3 Å². The molecule has 0 spiro atoms. The highest BCUT2D eigenvalue weighted by Crippen LogP contribution is 2.24. The number of hydrogen-bond donors (Lipinski definition) is 2. The highest BCUT2D eigenvalue weighted by Gasteiger charge is 2.32. The average Bonchev–Trinajstić information content (AvgIpc) is 2.97. The van der Waals surface area contributed by atoms with Gasteiger partial charge in [-0.3, -0.25) is 4.79 Å². The van der Waals surface area contributed by atoms with Gasteiger partial charge in [0.25, 0.3) is 0 Å². The van der Waals surface area contributed by atoms with E-state index in [4.69, 9.17) is 4.74 Å². The van der Waals surface area contributed by atoms with Crippen LogP contribution in [0.4, 0.5) is 10.5 Å². The molecule has 0 radical (unpaired) electrons. The van der Waals surface area contributed by atoms with Gasteiger partial charge in [0.2, 0.25) is 5.91 Å². The molecular weight excluding hydrogens is 318 g/mol. The number of nitrogens with zero attached hydrogens (tertiary/aromatic N) is 1. The summed E-state index contributed by atoms with van der Waals surface area (Å²) in [7, 11) is 0. The molecule has 3 rings (SSSR count). The number of hydrogen-bond acceptors (Lipinski definition) is 3. The van der Waals surface area contributed by atoms with Crippen molar-refractivity contribution in [3.8, 4) is 5.75 Å². The lowest BCUT2D eigenvalue weighted by Crippen LogP contribution is -2.47. The molecule has 2 fully saturated rings. The summed E-state index contributed by atoms with van der Waals surface area (Å²) in [5.41, 5.74) is 0.838. The molecule has 0 bridgehead atoms. The molecule has 6 nitrogen and oxygen atoms in total. The van der Waals surface area contributed by atoms with Crippen LogP contribution < -0.4 is 20.3 Å². The number of anilines is 1. The molecule has 1 aromatic carbocycles. The smallest absolute Gasteiger partial charge is 0.315 e. The molecule has 1 atom stereocenters. The summed E-state index contributed by atoms with van der Waals surface area (Å²) in [4.78, 5) is 26.2. The molecule has 25 heavy (non-hydrogen) atoms. The summed E-state index contributed by atoms with van der Waals surface area (Å²) in [5.74, 6) is 0.826. The van der Waals surface area contributed by atoms with Crippen LogP contribution in [0.5, 0.6) is 5.75 Å². The van der Waals surface area contributed by atoms with Crippen molar-refractivity contribution >= 4 is 17.6 Å². The van der Waals surface area contributed by atoms with E-state index in [9.17, 15) is 9.59 Å². The van der Waals surface area contributed by atoms with Crippen molar-refractivity contribution in [2.75, 3.05) is 18.1 Å². The summed E-state index contributed by atoms with van der Waals surface area (Å²) in [6.07, 6.45) is 6.06. The van der Waals surface area contributed by atoms with Crippen molar-refractivity contribution in [1.82, 2.24) is 10.6 Å². The number of carbonyl (C=O) groups excluding carboxylic acids is 2. The number of benzene rings is 1. The second-order valence-electron chi connectivity index (χ2n) is 6.79. The lowest BCUT2D eigenvalue weighted by atomic mass is 9.96. The van der Waals surface area contributed by atoms with E-state index in [1.54, 1.807) is 4.90 Å². The summed E-state index contributed by atoms with van der Waals surface area (Å²) in [5, 5.41) is 5.99. The lowest BCUT2D eigenvalue weighted by Gasteiger charge is -2.24. The van der Waals surface area contributed by atoms with Crippen LogP contribution in [0, 0.1) is 0 Å². The van der Waals surface area contributed by atoms with Gasteiger partial charge in [0, 0.05) is 24.7 Å². The Morgan fingerprint density at radius 1 is 1.12 bits per heavy atom. The van der Waals surface area contributed by atoms with Gasteiger partial charge in [-0.15, -0.1) is 0 Å². The Labute approximate surface area is 148 Å². The van der Waals surface area contributed by atoms with Crippen LogP contribution in [0.3, 0.4) is 0 Å². The summed E-state index contributed by atoms with van der Waals surface area (Å²) in [6, 6.07) is 7.46. The van der Waals surface area contributed by atoms with Crippen molar-refractivity contribution in [2.24, 2.45) is 0 Å². The molecule has 1 heterocycles. The Balaban J connectivity index is 1.52. The van der Waals surface area contributed by atoms with Gasteiger partial charge in [0.1, 0.15) is 5.75 Å². The lowest BCUT2D eigenvalue weighted by molar-refractivity contribution is -0.117. The minimum absolute atomic E-state index is 0.0344. The largest absolute Gasteiger partial charge is 0.494 e. The zero-order valence-electron chi connectivity index (χ0n) is 14.8. The Morgan fingerprint density at radius 3 is 2.48 bits per heavy atom. The molecular formula is C19H27N3O3. The number of ether oxygens (including phenoxy) is 1. The van der Waals surface area contributed by atoms with Crippen molar-refractivity contribution in [1.29, 1.82) is 0 Å². The molecule has 1 aliphatic heterocycles. The quantitative estimate of drug-likeness (QED) is 0.862. The van der Waals surface area contributed by atoms with Crippen molar-refractivity contribution in [2.45, 2.75) is 57.5 Å². The van der Waals surface area contributed by atoms with Gasteiger partial charge < -0.3 is 20.3 Å². The molecule has 6 heteroatoms. The van der Waals surface area contributed by atoms with Crippen molar-refractivity contribution < 1.29 is 14.3 Å². The first kappa shape index (κ1) is 17.6. The molecule has 1 unspecified atom stereocenters. The fourth-order valence-corrected chi connectivity index (χ4v) is 3.60. The van der Waals surface area contributed by atoms with Crippen LogP contribution in [0.1, 0.15) is 45.4 Å². The Hall–Kier alpha value is -2.24. The number of urea groups is 1. The second kappa shape index (κ2) is 8.23. The van der Waals surface area contributed by atoms with E-state index >= 15 is 0 Å². The molecule has 2 N–H and O–H groups in total. The van der Waals surface area contributed by atoms with E-state index in [-0.39, 0.29) is 24.0 Å². The van der Waals surface area contributed by atoms with E-state index < -0.39 is 0 Å². The highest BCUT2D eigenvalue weighted by atomic mass is 16.5. The van der Waals surface area contributed by atoms with Gasteiger partial charge in [-0.05, 0) is 44.0 Å². The van der Waals surface area contributed by atoms with Crippen LogP contribution in [0.25, 0.3) is 0 Å². The van der Waals surface area contributed by atoms with Gasteiger partial charge >= 0.3 is 6.03 Å². The number of rotatable bonds is 5. The third-order valence-corrected chi connectivity index (χ3v) is 4.86. The molecule has 2 aliphatic rings. The molecule has 3 amide bonds. The van der Waals surface area contributed by atoms with Crippen LogP contribution >= 0.6 is 0 Å². The zero-order chi connectivity index (χ0) is 17.6. The first-order valence-corrected chi connectivity index (χ1v) is 9.26. The summed E-state index contributed by atoms with van der Waals surface area (Å²) in [6.45, 7) is 3.06. The SMILES string of the molecule is CCOc1ccc(N2CC(NC(=O)NC3CCCCC3)CC2=O)cc1. The van der Waals surface area contributed by atoms with Crippen molar-refractivity contribution in [3.63, 3.8) is 0 Å². The number of carbonyl (C=O) groups is 2. The maximum atomic E-state index is 12.3. The van der Waals surface area contributed by atoms with E-state index in [0.29, 0.717) is 19.6 Å². The van der Waals surface area contributed by atoms with E-state index in [1.165, 1.54) is 19.3 Å². The zero-order valence-corrected chi connectivity index (χ0v) is 14.8. The van der Waals surface area contributed by atoms with Gasteiger partial charge in [-0.1, -0.05) is 19.3 Å². The predicted octanol–water partition coefficient (Wildman–Crippen LogP) is 2.82. The fourth-order valence-electron chi connectivity index (χ4n) is 3.60. The fraction of sp³-hybridized carbons (Fsp3) is 0.579. The van der Waals surface area contributed by atoms with Gasteiger partial charge in [-0.25, -0.2) is 4.79 Å². The molecule has 136 valence electrons. The van der Waals surface area contributed by atoms with Crippen LogP contribution in [-0.2, 0) is 4.79 Å².